The van der Waals surface area contributed by atoms with Crippen molar-refractivity contribution in [3.8, 4) is 0 Å². The minimum atomic E-state index is -0.698. The molecular weight excluding hydrogens is 352 g/mol. The van der Waals surface area contributed by atoms with Gasteiger partial charge in [0.25, 0.3) is 0 Å². The number of rotatable bonds is 10. The molecule has 1 aliphatic heterocycles. The van der Waals surface area contributed by atoms with Gasteiger partial charge in [-0.25, -0.2) is 10.5 Å². The molecule has 2 rings (SSSR count). The van der Waals surface area contributed by atoms with Gasteiger partial charge in [0.1, 0.15) is 6.04 Å². The van der Waals surface area contributed by atoms with Crippen molar-refractivity contribution in [2.45, 2.75) is 45.1 Å². The summed E-state index contributed by atoms with van der Waals surface area (Å²) in [6.07, 6.45) is 5.48. The van der Waals surface area contributed by atoms with Crippen molar-refractivity contribution in [3.63, 3.8) is 0 Å². The molecule has 3 amide bonds. The van der Waals surface area contributed by atoms with Gasteiger partial charge in [-0.2, -0.15) is 5.10 Å². The molecule has 1 fully saturated rings. The van der Waals surface area contributed by atoms with Crippen molar-refractivity contribution in [2.24, 2.45) is 5.92 Å². The van der Waals surface area contributed by atoms with Crippen LogP contribution in [0.2, 0.25) is 0 Å². The van der Waals surface area contributed by atoms with Crippen LogP contribution in [-0.2, 0) is 14.4 Å². The van der Waals surface area contributed by atoms with E-state index in [0.717, 1.165) is 19.3 Å². The number of hydrazine groups is 1. The Balaban J connectivity index is 2.05. The Labute approximate surface area is 157 Å². The number of hydroxylamine groups is 2. The Bertz CT molecular complexity index is 629. The number of nitrogens with one attached hydrogen (secondary N) is 2. The molecule has 0 saturated carbocycles. The van der Waals surface area contributed by atoms with E-state index in [0.29, 0.717) is 30.3 Å². The highest BCUT2D eigenvalue weighted by Gasteiger charge is 2.37. The molecule has 1 saturated heterocycles. The van der Waals surface area contributed by atoms with E-state index in [2.05, 4.69) is 27.9 Å². The number of amides is 3. The molecule has 1 aromatic rings. The number of anilines is 1. The Hall–Kier alpha value is -2.59. The lowest BCUT2D eigenvalue weighted by atomic mass is 9.99. The summed E-state index contributed by atoms with van der Waals surface area (Å²) in [4.78, 5) is 36.3. The molecule has 27 heavy (non-hydrogen) atoms. The molecule has 1 aromatic heterocycles. The SMILES string of the molecule is CCCCCC(CN(O)C=O)C(=O)N1NCCC1C(=O)Nc1cccnn1. The summed E-state index contributed by atoms with van der Waals surface area (Å²) in [5.41, 5.74) is 2.93. The van der Waals surface area contributed by atoms with Gasteiger partial charge in [-0.1, -0.05) is 26.2 Å². The van der Waals surface area contributed by atoms with Crippen molar-refractivity contribution in [2.75, 3.05) is 18.4 Å². The second-order valence-corrected chi connectivity index (χ2v) is 6.44. The maximum Gasteiger partial charge on any atom is 0.250 e. The third-order valence-corrected chi connectivity index (χ3v) is 4.41. The van der Waals surface area contributed by atoms with Gasteiger partial charge in [0, 0.05) is 12.7 Å². The van der Waals surface area contributed by atoms with Crippen LogP contribution >= 0.6 is 0 Å². The predicted octanol–water partition coefficient (Wildman–Crippen LogP) is 0.565. The number of hydrogen-bond donors (Lipinski definition) is 3. The molecule has 0 spiro atoms. The third kappa shape index (κ3) is 5.97. The van der Waals surface area contributed by atoms with Crippen LogP contribution in [0.5, 0.6) is 0 Å². The predicted molar refractivity (Wildman–Crippen MR) is 96.1 cm³/mol. The van der Waals surface area contributed by atoms with Crippen molar-refractivity contribution in [1.29, 1.82) is 0 Å². The first-order chi connectivity index (χ1) is 13.1. The number of nitrogens with zero attached hydrogens (tertiary/aromatic N) is 4. The second-order valence-electron chi connectivity index (χ2n) is 6.44. The number of hydrogen-bond acceptors (Lipinski definition) is 7. The molecule has 2 unspecified atom stereocenters. The van der Waals surface area contributed by atoms with Gasteiger partial charge in [0.2, 0.25) is 18.2 Å². The van der Waals surface area contributed by atoms with Crippen LogP contribution in [0.15, 0.2) is 18.3 Å². The molecule has 0 aromatic carbocycles. The van der Waals surface area contributed by atoms with E-state index in [4.69, 9.17) is 0 Å². The minimum Gasteiger partial charge on any atom is -0.307 e. The van der Waals surface area contributed by atoms with Crippen LogP contribution < -0.4 is 10.7 Å². The number of carbonyl (C=O) groups excluding carboxylic acids is 3. The van der Waals surface area contributed by atoms with Gasteiger partial charge in [-0.05, 0) is 25.0 Å². The summed E-state index contributed by atoms with van der Waals surface area (Å²) < 4.78 is 0. The van der Waals surface area contributed by atoms with E-state index in [9.17, 15) is 19.6 Å². The summed E-state index contributed by atoms with van der Waals surface area (Å²) in [7, 11) is 0. The summed E-state index contributed by atoms with van der Waals surface area (Å²) in [5, 5.41) is 21.5. The molecule has 10 heteroatoms. The van der Waals surface area contributed by atoms with E-state index in [1.54, 1.807) is 12.1 Å². The Morgan fingerprint density at radius 3 is 3.00 bits per heavy atom. The third-order valence-electron chi connectivity index (χ3n) is 4.41. The Morgan fingerprint density at radius 1 is 1.52 bits per heavy atom. The van der Waals surface area contributed by atoms with Crippen LogP contribution in [0.25, 0.3) is 0 Å². The molecule has 0 radical (unpaired) electrons. The average Bonchev–Trinajstić information content (AvgIpc) is 3.17. The lowest BCUT2D eigenvalue weighted by Crippen LogP contribution is -2.51. The van der Waals surface area contributed by atoms with Crippen molar-refractivity contribution in [1.82, 2.24) is 25.7 Å². The summed E-state index contributed by atoms with van der Waals surface area (Å²) in [6.45, 7) is 2.42. The maximum absolute atomic E-state index is 13.0. The van der Waals surface area contributed by atoms with Crippen LogP contribution in [0, 0.1) is 5.92 Å². The highest BCUT2D eigenvalue weighted by atomic mass is 16.5. The normalized spacial score (nSPS) is 17.4. The molecular formula is C17H26N6O4. The van der Waals surface area contributed by atoms with Gasteiger partial charge in [-0.15, -0.1) is 5.10 Å². The van der Waals surface area contributed by atoms with E-state index in [-0.39, 0.29) is 24.8 Å². The van der Waals surface area contributed by atoms with Crippen LogP contribution in [0.1, 0.15) is 39.0 Å². The zero-order chi connectivity index (χ0) is 19.6. The first-order valence-electron chi connectivity index (χ1n) is 9.12. The standard InChI is InChI=1S/C17H26N6O4/c1-2-3-4-6-13(11-22(27)12-24)17(26)23-14(8-10-19-23)16(25)20-15-7-5-9-18-21-15/h5,7,9,12-14,19,27H,2-4,6,8,10-11H2,1H3,(H,20,21,25). The van der Waals surface area contributed by atoms with Crippen LogP contribution in [0.3, 0.4) is 0 Å². The molecule has 0 aliphatic carbocycles. The second kappa shape index (κ2) is 10.5. The molecule has 2 heterocycles. The smallest absolute Gasteiger partial charge is 0.250 e. The van der Waals surface area contributed by atoms with E-state index >= 15 is 0 Å². The lowest BCUT2D eigenvalue weighted by Gasteiger charge is -2.28. The molecule has 10 nitrogen and oxygen atoms in total. The van der Waals surface area contributed by atoms with E-state index in [1.807, 2.05) is 0 Å². The van der Waals surface area contributed by atoms with Gasteiger partial charge in [0.15, 0.2) is 5.82 Å². The summed E-state index contributed by atoms with van der Waals surface area (Å²) in [5.74, 6) is -0.964. The van der Waals surface area contributed by atoms with Gasteiger partial charge < -0.3 is 5.32 Å². The van der Waals surface area contributed by atoms with Crippen molar-refractivity contribution in [3.05, 3.63) is 18.3 Å². The Kier molecular flexibility index (Phi) is 8.08. The molecule has 148 valence electrons. The summed E-state index contributed by atoms with van der Waals surface area (Å²) >= 11 is 0. The molecule has 2 atom stereocenters. The molecule has 0 bridgehead atoms. The van der Waals surface area contributed by atoms with Gasteiger partial charge >= 0.3 is 0 Å². The Morgan fingerprint density at radius 2 is 2.33 bits per heavy atom. The average molecular weight is 378 g/mol. The first-order valence-corrected chi connectivity index (χ1v) is 9.12. The quantitative estimate of drug-likeness (QED) is 0.235. The van der Waals surface area contributed by atoms with Crippen LogP contribution in [-0.4, -0.2) is 62.8 Å². The van der Waals surface area contributed by atoms with E-state index < -0.39 is 12.0 Å². The van der Waals surface area contributed by atoms with Gasteiger partial charge in [-0.3, -0.25) is 24.6 Å². The fourth-order valence-corrected chi connectivity index (χ4v) is 3.02. The van der Waals surface area contributed by atoms with Crippen molar-refractivity contribution >= 4 is 24.0 Å². The topological polar surface area (TPSA) is 128 Å². The maximum atomic E-state index is 13.0. The minimum absolute atomic E-state index is 0.108. The van der Waals surface area contributed by atoms with E-state index in [1.165, 1.54) is 11.2 Å². The molecule has 1 aliphatic rings. The monoisotopic (exact) mass is 378 g/mol. The largest absolute Gasteiger partial charge is 0.307 e. The number of carbonyl (C=O) groups is 3. The fourth-order valence-electron chi connectivity index (χ4n) is 3.02. The zero-order valence-electron chi connectivity index (χ0n) is 15.4. The van der Waals surface area contributed by atoms with Gasteiger partial charge in [0.05, 0.1) is 12.5 Å². The fraction of sp³-hybridized carbons (Fsp3) is 0.588. The number of unbranched alkanes of at least 4 members (excludes halogenated alkanes) is 2. The van der Waals surface area contributed by atoms with Crippen molar-refractivity contribution < 1.29 is 19.6 Å². The summed E-state index contributed by atoms with van der Waals surface area (Å²) in [6, 6.07) is 2.56. The zero-order valence-corrected chi connectivity index (χ0v) is 15.4. The highest BCUT2D eigenvalue weighted by Crippen LogP contribution is 2.19. The number of aromatic nitrogens is 2. The first kappa shape index (κ1) is 20.7. The highest BCUT2D eigenvalue weighted by molar-refractivity contribution is 5.97. The van der Waals surface area contributed by atoms with Crippen LogP contribution in [0.4, 0.5) is 5.82 Å². The lowest BCUT2D eigenvalue weighted by molar-refractivity contribution is -0.159. The molecule has 3 N–H and O–H groups in total.